The van der Waals surface area contributed by atoms with Crippen LogP contribution in [0.15, 0.2) is 30.5 Å². The molecule has 0 radical (unpaired) electrons. The third kappa shape index (κ3) is 3.00. The minimum absolute atomic E-state index is 0.0877. The SMILES string of the molecule is C=CC(=O)N1CCC=C(c2ncc(C(N)=O)c3c2C2=C(CCC4(C2)OCCO4)C3)C1. The number of hydrogen-bond acceptors (Lipinski definition) is 5. The second-order valence-electron chi connectivity index (χ2n) is 8.26. The van der Waals surface area contributed by atoms with Crippen LogP contribution < -0.4 is 5.73 Å². The van der Waals surface area contributed by atoms with Crippen LogP contribution in [0.3, 0.4) is 0 Å². The van der Waals surface area contributed by atoms with E-state index in [9.17, 15) is 9.59 Å². The highest BCUT2D eigenvalue weighted by atomic mass is 16.7. The molecule has 5 rings (SSSR count). The van der Waals surface area contributed by atoms with Crippen molar-refractivity contribution in [3.8, 4) is 0 Å². The predicted octanol–water partition coefficient (Wildman–Crippen LogP) is 2.22. The van der Waals surface area contributed by atoms with Crippen molar-refractivity contribution in [2.24, 2.45) is 5.73 Å². The van der Waals surface area contributed by atoms with Crippen molar-refractivity contribution in [3.63, 3.8) is 0 Å². The van der Waals surface area contributed by atoms with E-state index in [1.165, 1.54) is 11.6 Å². The Morgan fingerprint density at radius 2 is 2.10 bits per heavy atom. The van der Waals surface area contributed by atoms with Gasteiger partial charge in [0.2, 0.25) is 5.91 Å². The summed E-state index contributed by atoms with van der Waals surface area (Å²) in [6, 6.07) is 0. The second-order valence-corrected chi connectivity index (χ2v) is 8.26. The van der Waals surface area contributed by atoms with Gasteiger partial charge in [-0.15, -0.1) is 0 Å². The quantitative estimate of drug-likeness (QED) is 0.776. The van der Waals surface area contributed by atoms with Crippen LogP contribution >= 0.6 is 0 Å². The smallest absolute Gasteiger partial charge is 0.250 e. The second kappa shape index (κ2) is 7.18. The van der Waals surface area contributed by atoms with Crippen molar-refractivity contribution in [2.45, 2.75) is 37.9 Å². The van der Waals surface area contributed by atoms with Crippen LogP contribution in [0.5, 0.6) is 0 Å². The maximum absolute atomic E-state index is 12.2. The number of hydrogen-bond donors (Lipinski definition) is 1. The molecule has 0 saturated carbocycles. The number of carbonyl (C=O) groups is 2. The molecule has 2 N–H and O–H groups in total. The number of ether oxygens (including phenoxy) is 2. The van der Waals surface area contributed by atoms with E-state index in [2.05, 4.69) is 17.6 Å². The summed E-state index contributed by atoms with van der Waals surface area (Å²) in [5.74, 6) is -1.13. The first kappa shape index (κ1) is 19.2. The normalized spacial score (nSPS) is 22.0. The number of rotatable bonds is 3. The van der Waals surface area contributed by atoms with Crippen molar-refractivity contribution < 1.29 is 19.1 Å². The van der Waals surface area contributed by atoms with Gasteiger partial charge < -0.3 is 20.1 Å². The summed E-state index contributed by atoms with van der Waals surface area (Å²) in [5.41, 5.74) is 12.4. The fourth-order valence-electron chi connectivity index (χ4n) is 5.14. The number of allylic oxidation sites excluding steroid dienone is 1. The Morgan fingerprint density at radius 3 is 2.83 bits per heavy atom. The molecule has 1 saturated heterocycles. The first-order valence-electron chi connectivity index (χ1n) is 10.4. The molecule has 7 heteroatoms. The van der Waals surface area contributed by atoms with E-state index in [1.807, 2.05) is 0 Å². The van der Waals surface area contributed by atoms with E-state index in [1.54, 1.807) is 11.1 Å². The summed E-state index contributed by atoms with van der Waals surface area (Å²) < 4.78 is 12.0. The van der Waals surface area contributed by atoms with Gasteiger partial charge in [0.15, 0.2) is 5.79 Å². The minimum Gasteiger partial charge on any atom is -0.366 e. The van der Waals surface area contributed by atoms with Crippen molar-refractivity contribution in [3.05, 3.63) is 52.9 Å². The lowest BCUT2D eigenvalue weighted by Gasteiger charge is -2.33. The molecule has 1 fully saturated rings. The molecule has 0 unspecified atom stereocenters. The van der Waals surface area contributed by atoms with Gasteiger partial charge in [0.05, 0.1) is 24.5 Å². The Kier molecular flexibility index (Phi) is 4.60. The van der Waals surface area contributed by atoms with Gasteiger partial charge in [0.25, 0.3) is 5.91 Å². The number of fused-ring (bicyclic) bond motifs is 2. The van der Waals surface area contributed by atoms with Gasteiger partial charge in [-0.1, -0.05) is 18.2 Å². The zero-order valence-corrected chi connectivity index (χ0v) is 16.9. The van der Waals surface area contributed by atoms with E-state index in [-0.39, 0.29) is 5.91 Å². The molecule has 156 valence electrons. The van der Waals surface area contributed by atoms with Crippen LogP contribution in [-0.2, 0) is 20.7 Å². The Balaban J connectivity index is 1.59. The number of carbonyl (C=O) groups excluding carboxylic acids is 2. The fraction of sp³-hybridized carbons (Fsp3) is 0.435. The monoisotopic (exact) mass is 407 g/mol. The van der Waals surface area contributed by atoms with E-state index in [0.717, 1.165) is 47.2 Å². The van der Waals surface area contributed by atoms with Gasteiger partial charge in [-0.05, 0) is 42.0 Å². The first-order chi connectivity index (χ1) is 14.5. The molecule has 7 nitrogen and oxygen atoms in total. The molecule has 2 aliphatic heterocycles. The molecule has 2 aliphatic carbocycles. The van der Waals surface area contributed by atoms with Gasteiger partial charge in [0.1, 0.15) is 0 Å². The summed E-state index contributed by atoms with van der Waals surface area (Å²) in [5, 5.41) is 0. The van der Waals surface area contributed by atoms with Gasteiger partial charge in [0, 0.05) is 37.7 Å². The topological polar surface area (TPSA) is 94.8 Å². The molecule has 3 heterocycles. The number of primary amides is 1. The summed E-state index contributed by atoms with van der Waals surface area (Å²) in [6.07, 6.45) is 8.86. The standard InChI is InChI=1S/C23H25N3O4/c1-2-19(27)26-7-3-4-15(13-26)21-20-16(18(12-25-21)22(24)28)10-14-5-6-23(11-17(14)20)29-8-9-30-23/h2,4,12H,1,3,5-11,13H2,(H2,24,28). The third-order valence-electron chi connectivity index (χ3n) is 6.58. The molecular formula is C23H25N3O4. The van der Waals surface area contributed by atoms with Crippen LogP contribution in [-0.4, -0.2) is 53.8 Å². The molecule has 0 aromatic carbocycles. The highest BCUT2D eigenvalue weighted by Gasteiger charge is 2.44. The average Bonchev–Trinajstić information content (AvgIpc) is 3.37. The number of aromatic nitrogens is 1. The van der Waals surface area contributed by atoms with Gasteiger partial charge >= 0.3 is 0 Å². The van der Waals surface area contributed by atoms with E-state index < -0.39 is 11.7 Å². The van der Waals surface area contributed by atoms with E-state index in [4.69, 9.17) is 15.2 Å². The molecule has 1 aromatic rings. The molecule has 1 aromatic heterocycles. The van der Waals surface area contributed by atoms with Crippen LogP contribution in [0.2, 0.25) is 0 Å². The Bertz CT molecular complexity index is 1020. The molecular weight excluding hydrogens is 382 g/mol. The van der Waals surface area contributed by atoms with Crippen LogP contribution in [0, 0.1) is 0 Å². The summed E-state index contributed by atoms with van der Waals surface area (Å²) in [6.45, 7) is 5.94. The summed E-state index contributed by atoms with van der Waals surface area (Å²) >= 11 is 0. The first-order valence-corrected chi connectivity index (χ1v) is 10.4. The molecule has 0 atom stereocenters. The molecule has 4 aliphatic rings. The molecule has 1 spiro atoms. The highest BCUT2D eigenvalue weighted by molar-refractivity contribution is 5.99. The van der Waals surface area contributed by atoms with Gasteiger partial charge in [-0.2, -0.15) is 0 Å². The lowest BCUT2D eigenvalue weighted by atomic mass is 9.85. The van der Waals surface area contributed by atoms with Crippen LogP contribution in [0.25, 0.3) is 11.1 Å². The molecule has 30 heavy (non-hydrogen) atoms. The zero-order valence-electron chi connectivity index (χ0n) is 16.9. The van der Waals surface area contributed by atoms with Crippen molar-refractivity contribution >= 4 is 23.0 Å². The van der Waals surface area contributed by atoms with Crippen LogP contribution in [0.4, 0.5) is 0 Å². The number of nitrogens with zero attached hydrogens (tertiary/aromatic N) is 2. The van der Waals surface area contributed by atoms with Crippen molar-refractivity contribution in [1.29, 1.82) is 0 Å². The highest BCUT2D eigenvalue weighted by Crippen LogP contribution is 2.50. The van der Waals surface area contributed by atoms with E-state index in [0.29, 0.717) is 44.7 Å². The Morgan fingerprint density at radius 1 is 1.30 bits per heavy atom. The number of nitrogens with two attached hydrogens (primary N) is 1. The van der Waals surface area contributed by atoms with Gasteiger partial charge in [-0.3, -0.25) is 14.6 Å². The largest absolute Gasteiger partial charge is 0.366 e. The number of pyridine rings is 1. The lowest BCUT2D eigenvalue weighted by molar-refractivity contribution is -0.159. The van der Waals surface area contributed by atoms with Crippen molar-refractivity contribution in [1.82, 2.24) is 9.88 Å². The maximum atomic E-state index is 12.2. The van der Waals surface area contributed by atoms with Gasteiger partial charge in [-0.25, -0.2) is 0 Å². The molecule has 2 amide bonds. The molecule has 0 bridgehead atoms. The maximum Gasteiger partial charge on any atom is 0.250 e. The lowest BCUT2D eigenvalue weighted by Crippen LogP contribution is -2.35. The third-order valence-corrected chi connectivity index (χ3v) is 6.58. The average molecular weight is 407 g/mol. The Hall–Kier alpha value is -2.77. The summed E-state index contributed by atoms with van der Waals surface area (Å²) in [7, 11) is 0. The predicted molar refractivity (Wildman–Crippen MR) is 111 cm³/mol. The number of amides is 2. The minimum atomic E-state index is -0.577. The fourth-order valence-corrected chi connectivity index (χ4v) is 5.14. The summed E-state index contributed by atoms with van der Waals surface area (Å²) in [4.78, 5) is 30.7. The van der Waals surface area contributed by atoms with Crippen molar-refractivity contribution in [2.75, 3.05) is 26.3 Å². The van der Waals surface area contributed by atoms with Crippen LogP contribution in [0.1, 0.15) is 52.9 Å². The zero-order chi connectivity index (χ0) is 20.9. The van der Waals surface area contributed by atoms with E-state index >= 15 is 0 Å². The Labute approximate surface area is 175 Å².